The van der Waals surface area contributed by atoms with Gasteiger partial charge in [-0.1, -0.05) is 0 Å². The molecule has 2 fully saturated rings. The van der Waals surface area contributed by atoms with Gasteiger partial charge in [0.2, 0.25) is 5.88 Å². The standard InChI is InChI=1S/C31H36F2N8O4.ClH/c1-19-17-41(13-12-39(19)2)24-5-7-26(38-30(24)44-3)37-27-15-23(35-18-36-27)20-4-6-25(21(14-20)16-34)45-22-8-10-40(11-9-22)31(43)28(42)29(32)33;/h4-7,14-15,18-19,22,28-29,42H,8-13,17H2,1-3H3,(H,35,36,37,38);1H/t19-,28-;/m1./s1. The average molecular weight is 659 g/mol. The van der Waals surface area contributed by atoms with Gasteiger partial charge in [-0.15, -0.1) is 12.4 Å². The number of hydrogen-bond donors (Lipinski definition) is 2. The Labute approximate surface area is 272 Å². The molecule has 1 aromatic carbocycles. The molecule has 46 heavy (non-hydrogen) atoms. The predicted molar refractivity (Wildman–Crippen MR) is 170 cm³/mol. The number of likely N-dealkylation sites (tertiary alicyclic amines) is 1. The Morgan fingerprint density at radius 3 is 2.54 bits per heavy atom. The summed E-state index contributed by atoms with van der Waals surface area (Å²) >= 11 is 0. The van der Waals surface area contributed by atoms with E-state index >= 15 is 0 Å². The van der Waals surface area contributed by atoms with Crippen LogP contribution in [0.25, 0.3) is 11.3 Å². The number of aromatic nitrogens is 3. The number of aliphatic hydroxyl groups is 1. The third kappa shape index (κ3) is 7.90. The maximum absolute atomic E-state index is 12.7. The van der Waals surface area contributed by atoms with Crippen molar-refractivity contribution < 1.29 is 28.2 Å². The molecular weight excluding hydrogens is 622 g/mol. The number of hydrogen-bond acceptors (Lipinski definition) is 11. The van der Waals surface area contributed by atoms with E-state index in [-0.39, 0.29) is 31.6 Å². The molecule has 0 saturated carbocycles. The van der Waals surface area contributed by atoms with Gasteiger partial charge in [-0.3, -0.25) is 4.79 Å². The topological polar surface area (TPSA) is 140 Å². The molecule has 1 amide bonds. The molecule has 15 heteroatoms. The van der Waals surface area contributed by atoms with E-state index in [1.54, 1.807) is 31.4 Å². The van der Waals surface area contributed by atoms with Crippen molar-refractivity contribution in [3.05, 3.63) is 48.3 Å². The summed E-state index contributed by atoms with van der Waals surface area (Å²) in [7, 11) is 3.72. The van der Waals surface area contributed by atoms with E-state index in [0.29, 0.717) is 59.0 Å². The second-order valence-electron chi connectivity index (χ2n) is 11.2. The highest BCUT2D eigenvalue weighted by Crippen LogP contribution is 2.32. The molecule has 2 aliphatic rings. The van der Waals surface area contributed by atoms with Crippen molar-refractivity contribution >= 4 is 35.6 Å². The van der Waals surface area contributed by atoms with E-state index < -0.39 is 18.4 Å². The van der Waals surface area contributed by atoms with Gasteiger partial charge in [0.1, 0.15) is 41.6 Å². The number of piperidine rings is 1. The smallest absolute Gasteiger partial charge is 0.273 e. The van der Waals surface area contributed by atoms with Gasteiger partial charge >= 0.3 is 0 Å². The minimum atomic E-state index is -3.13. The summed E-state index contributed by atoms with van der Waals surface area (Å²) in [6, 6.07) is 13.3. The number of piperazine rings is 1. The summed E-state index contributed by atoms with van der Waals surface area (Å²) in [6.07, 6.45) is -3.60. The number of pyridine rings is 1. The molecule has 0 aliphatic carbocycles. The number of ether oxygens (including phenoxy) is 2. The Balaban J connectivity index is 0.00000480. The summed E-state index contributed by atoms with van der Waals surface area (Å²) in [6.45, 7) is 5.24. The lowest BCUT2D eigenvalue weighted by Gasteiger charge is -2.39. The first-order valence-electron chi connectivity index (χ1n) is 14.7. The van der Waals surface area contributed by atoms with Gasteiger partial charge in [-0.05, 0) is 44.3 Å². The average Bonchev–Trinajstić information content (AvgIpc) is 3.06. The summed E-state index contributed by atoms with van der Waals surface area (Å²) in [5, 5.41) is 22.4. The molecule has 2 N–H and O–H groups in total. The largest absolute Gasteiger partial charge is 0.489 e. The molecule has 12 nitrogen and oxygen atoms in total. The number of anilines is 3. The molecule has 5 rings (SSSR count). The number of nitrogens with zero attached hydrogens (tertiary/aromatic N) is 7. The van der Waals surface area contributed by atoms with Gasteiger partial charge in [-0.2, -0.15) is 10.2 Å². The number of nitriles is 1. The van der Waals surface area contributed by atoms with Crippen LogP contribution in [-0.2, 0) is 4.79 Å². The lowest BCUT2D eigenvalue weighted by Crippen LogP contribution is -2.50. The zero-order valence-electron chi connectivity index (χ0n) is 25.8. The van der Waals surface area contributed by atoms with E-state index in [4.69, 9.17) is 9.47 Å². The molecule has 2 atom stereocenters. The van der Waals surface area contributed by atoms with Crippen LogP contribution in [-0.4, -0.2) is 107 Å². The first-order chi connectivity index (χ1) is 21.7. The lowest BCUT2D eigenvalue weighted by atomic mass is 10.1. The van der Waals surface area contributed by atoms with Gasteiger partial charge in [-0.25, -0.2) is 18.7 Å². The zero-order valence-corrected chi connectivity index (χ0v) is 26.6. The van der Waals surface area contributed by atoms with Crippen LogP contribution >= 0.6 is 12.4 Å². The van der Waals surface area contributed by atoms with Gasteiger partial charge in [0.25, 0.3) is 12.3 Å². The molecular formula is C31H37ClF2N8O4. The van der Waals surface area contributed by atoms with E-state index in [0.717, 1.165) is 25.3 Å². The van der Waals surface area contributed by atoms with Crippen molar-refractivity contribution in [1.29, 1.82) is 5.26 Å². The fourth-order valence-electron chi connectivity index (χ4n) is 5.42. The maximum atomic E-state index is 12.7. The minimum absolute atomic E-state index is 0. The molecule has 0 bridgehead atoms. The van der Waals surface area contributed by atoms with Gasteiger partial charge in [0.15, 0.2) is 6.10 Å². The van der Waals surface area contributed by atoms with Crippen molar-refractivity contribution in [2.75, 3.05) is 57.1 Å². The summed E-state index contributed by atoms with van der Waals surface area (Å²) in [5.41, 5.74) is 2.49. The summed E-state index contributed by atoms with van der Waals surface area (Å²) in [4.78, 5) is 31.2. The number of nitrogens with one attached hydrogen (secondary N) is 1. The van der Waals surface area contributed by atoms with E-state index in [1.807, 2.05) is 12.1 Å². The Bertz CT molecular complexity index is 1550. The Hall–Kier alpha value is -4.32. The number of rotatable bonds is 9. The quantitative estimate of drug-likeness (QED) is 0.348. The second kappa shape index (κ2) is 15.3. The number of amides is 1. The van der Waals surface area contributed by atoms with Crippen LogP contribution in [0.15, 0.2) is 42.7 Å². The third-order valence-electron chi connectivity index (χ3n) is 8.19. The SMILES string of the molecule is COc1nc(Nc2cc(-c3ccc(OC4CCN(C(=O)[C@H](O)C(F)F)CC4)c(C#N)c3)ncn2)ccc1N1CCN(C)[C@H](C)C1.Cl. The maximum Gasteiger partial charge on any atom is 0.273 e. The Morgan fingerprint density at radius 1 is 1.11 bits per heavy atom. The first kappa shape index (κ1) is 34.6. The minimum Gasteiger partial charge on any atom is -0.489 e. The third-order valence-corrected chi connectivity index (χ3v) is 8.19. The van der Waals surface area contributed by atoms with Crippen LogP contribution in [0, 0.1) is 11.3 Å². The van der Waals surface area contributed by atoms with Crippen molar-refractivity contribution in [2.45, 2.75) is 44.4 Å². The first-order valence-corrected chi connectivity index (χ1v) is 14.7. The number of benzene rings is 1. The van der Waals surface area contributed by atoms with E-state index in [2.05, 4.69) is 50.1 Å². The van der Waals surface area contributed by atoms with Crippen molar-refractivity contribution in [1.82, 2.24) is 24.8 Å². The number of carbonyl (C=O) groups is 1. The number of likely N-dealkylation sites (N-methyl/N-ethyl adjacent to an activating group) is 1. The molecule has 0 unspecified atom stereocenters. The van der Waals surface area contributed by atoms with Gasteiger partial charge in [0.05, 0.1) is 18.4 Å². The van der Waals surface area contributed by atoms with Crippen molar-refractivity contribution in [2.24, 2.45) is 0 Å². The van der Waals surface area contributed by atoms with Crippen LogP contribution in [0.4, 0.5) is 26.1 Å². The molecule has 246 valence electrons. The summed E-state index contributed by atoms with van der Waals surface area (Å²) < 4.78 is 37.1. The highest BCUT2D eigenvalue weighted by Gasteiger charge is 2.33. The number of alkyl halides is 2. The number of methoxy groups -OCH3 is 1. The fourth-order valence-corrected chi connectivity index (χ4v) is 5.42. The molecule has 0 radical (unpaired) electrons. The molecule has 3 aromatic rings. The lowest BCUT2D eigenvalue weighted by molar-refractivity contribution is -0.150. The highest BCUT2D eigenvalue weighted by molar-refractivity contribution is 5.85. The van der Waals surface area contributed by atoms with E-state index in [1.165, 1.54) is 11.2 Å². The van der Waals surface area contributed by atoms with Crippen molar-refractivity contribution in [3.8, 4) is 29.0 Å². The number of carbonyl (C=O) groups excluding carboxylic acids is 1. The van der Waals surface area contributed by atoms with Crippen LogP contribution < -0.4 is 19.7 Å². The molecule has 2 saturated heterocycles. The van der Waals surface area contributed by atoms with Crippen LogP contribution in [0.1, 0.15) is 25.3 Å². The van der Waals surface area contributed by atoms with Gasteiger partial charge < -0.3 is 34.6 Å². The van der Waals surface area contributed by atoms with Crippen molar-refractivity contribution in [3.63, 3.8) is 0 Å². The van der Waals surface area contributed by atoms with Gasteiger partial charge in [0, 0.05) is 63.2 Å². The van der Waals surface area contributed by atoms with Crippen LogP contribution in [0.2, 0.25) is 0 Å². The number of aliphatic hydroxyl groups excluding tert-OH is 1. The van der Waals surface area contributed by atoms with Crippen LogP contribution in [0.5, 0.6) is 11.6 Å². The van der Waals surface area contributed by atoms with Crippen LogP contribution in [0.3, 0.4) is 0 Å². The van der Waals surface area contributed by atoms with E-state index in [9.17, 15) is 23.9 Å². The second-order valence-corrected chi connectivity index (χ2v) is 11.2. The molecule has 2 aliphatic heterocycles. The zero-order chi connectivity index (χ0) is 32.1. The Morgan fingerprint density at radius 2 is 1.87 bits per heavy atom. The normalized spacial score (nSPS) is 18.0. The molecule has 2 aromatic heterocycles. The number of halogens is 3. The monoisotopic (exact) mass is 658 g/mol. The molecule has 0 spiro atoms. The predicted octanol–water partition coefficient (Wildman–Crippen LogP) is 3.72. The Kier molecular flexibility index (Phi) is 11.5. The highest BCUT2D eigenvalue weighted by atomic mass is 35.5. The summed E-state index contributed by atoms with van der Waals surface area (Å²) in [5.74, 6) is 0.963. The fraction of sp³-hybridized carbons (Fsp3) is 0.452. The molecule has 4 heterocycles.